The van der Waals surface area contributed by atoms with Gasteiger partial charge in [-0.05, 0) is 24.4 Å². The predicted molar refractivity (Wildman–Crippen MR) is 102 cm³/mol. The first-order valence-electron chi connectivity index (χ1n) is 8.56. The van der Waals surface area contributed by atoms with E-state index in [1.165, 1.54) is 0 Å². The van der Waals surface area contributed by atoms with Crippen LogP contribution in [0.15, 0.2) is 24.3 Å². The Morgan fingerprint density at radius 3 is 2.69 bits per heavy atom. The fraction of sp³-hybridized carbons (Fsp3) is 0.500. The Morgan fingerprint density at radius 2 is 2.00 bits per heavy atom. The Labute approximate surface area is 159 Å². The SMILES string of the molecule is COCCOc1ccccc1C(=O)NC(=S)N1CCN(CCC#N)CC1. The van der Waals surface area contributed by atoms with E-state index in [4.69, 9.17) is 27.0 Å². The minimum Gasteiger partial charge on any atom is -0.490 e. The number of para-hydroxylation sites is 1. The maximum atomic E-state index is 12.6. The number of carbonyl (C=O) groups is 1. The average molecular weight is 376 g/mol. The van der Waals surface area contributed by atoms with Crippen LogP contribution < -0.4 is 10.1 Å². The molecule has 0 saturated carbocycles. The van der Waals surface area contributed by atoms with E-state index in [1.54, 1.807) is 25.3 Å². The Hall–Kier alpha value is -2.21. The molecule has 0 bridgehead atoms. The first-order valence-corrected chi connectivity index (χ1v) is 8.97. The number of nitrogens with one attached hydrogen (secondary N) is 1. The molecule has 0 atom stereocenters. The number of nitriles is 1. The number of piperazine rings is 1. The van der Waals surface area contributed by atoms with Crippen molar-refractivity contribution in [2.75, 3.05) is 53.0 Å². The summed E-state index contributed by atoms with van der Waals surface area (Å²) in [4.78, 5) is 16.8. The zero-order chi connectivity index (χ0) is 18.8. The van der Waals surface area contributed by atoms with Gasteiger partial charge >= 0.3 is 0 Å². The van der Waals surface area contributed by atoms with Crippen molar-refractivity contribution >= 4 is 23.2 Å². The van der Waals surface area contributed by atoms with E-state index in [2.05, 4.69) is 16.3 Å². The Kier molecular flexibility index (Phi) is 8.28. The summed E-state index contributed by atoms with van der Waals surface area (Å²) in [6.45, 7) is 4.71. The number of carbonyl (C=O) groups excluding carboxylic acids is 1. The average Bonchev–Trinajstić information content (AvgIpc) is 2.67. The topological polar surface area (TPSA) is 77.8 Å². The number of amides is 1. The number of rotatable bonds is 7. The van der Waals surface area contributed by atoms with Gasteiger partial charge in [0.1, 0.15) is 12.4 Å². The highest BCUT2D eigenvalue weighted by molar-refractivity contribution is 7.80. The van der Waals surface area contributed by atoms with Gasteiger partial charge in [0.05, 0.1) is 18.2 Å². The van der Waals surface area contributed by atoms with Gasteiger partial charge in [-0.3, -0.25) is 15.0 Å². The van der Waals surface area contributed by atoms with E-state index < -0.39 is 0 Å². The van der Waals surface area contributed by atoms with Crippen LogP contribution in [0.1, 0.15) is 16.8 Å². The van der Waals surface area contributed by atoms with Crippen LogP contribution in [0.5, 0.6) is 5.75 Å². The molecule has 1 aromatic rings. The van der Waals surface area contributed by atoms with Crippen LogP contribution in [0.3, 0.4) is 0 Å². The number of hydrogen-bond donors (Lipinski definition) is 1. The van der Waals surface area contributed by atoms with E-state index in [1.807, 2.05) is 11.0 Å². The van der Waals surface area contributed by atoms with Gasteiger partial charge in [0, 0.05) is 46.3 Å². The predicted octanol–water partition coefficient (Wildman–Crippen LogP) is 1.26. The van der Waals surface area contributed by atoms with Crippen LogP contribution in [0.2, 0.25) is 0 Å². The summed E-state index contributed by atoms with van der Waals surface area (Å²) >= 11 is 5.39. The number of thiocarbonyl (C=S) groups is 1. The maximum absolute atomic E-state index is 12.6. The molecule has 8 heteroatoms. The molecule has 0 aromatic heterocycles. The number of ether oxygens (including phenoxy) is 2. The van der Waals surface area contributed by atoms with Crippen LogP contribution in [0.4, 0.5) is 0 Å². The number of benzene rings is 1. The molecule has 140 valence electrons. The van der Waals surface area contributed by atoms with Crippen LogP contribution in [-0.2, 0) is 4.74 Å². The number of hydrogen-bond acceptors (Lipinski definition) is 6. The van der Waals surface area contributed by atoms with Gasteiger partial charge in [0.25, 0.3) is 5.91 Å². The van der Waals surface area contributed by atoms with Crippen LogP contribution in [-0.4, -0.2) is 73.9 Å². The molecule has 1 saturated heterocycles. The number of methoxy groups -OCH3 is 1. The van der Waals surface area contributed by atoms with Crippen LogP contribution in [0.25, 0.3) is 0 Å². The zero-order valence-corrected chi connectivity index (χ0v) is 15.8. The van der Waals surface area contributed by atoms with Crippen LogP contribution in [0, 0.1) is 11.3 Å². The molecule has 1 heterocycles. The summed E-state index contributed by atoms with van der Waals surface area (Å²) in [5.41, 5.74) is 0.443. The first kappa shape index (κ1) is 20.1. The number of nitrogens with zero attached hydrogens (tertiary/aromatic N) is 3. The molecular formula is C18H24N4O3S. The lowest BCUT2D eigenvalue weighted by Gasteiger charge is -2.35. The summed E-state index contributed by atoms with van der Waals surface area (Å²) in [5.74, 6) is 0.223. The molecule has 26 heavy (non-hydrogen) atoms. The quantitative estimate of drug-likeness (QED) is 0.567. The minimum absolute atomic E-state index is 0.282. The lowest BCUT2D eigenvalue weighted by Crippen LogP contribution is -2.52. The second kappa shape index (κ2) is 10.7. The summed E-state index contributed by atoms with van der Waals surface area (Å²) in [6.07, 6.45) is 0.529. The van der Waals surface area contributed by atoms with Gasteiger partial charge in [-0.1, -0.05) is 12.1 Å². The van der Waals surface area contributed by atoms with E-state index in [-0.39, 0.29) is 5.91 Å². The minimum atomic E-state index is -0.282. The van der Waals surface area contributed by atoms with E-state index in [9.17, 15) is 4.79 Å². The summed E-state index contributed by atoms with van der Waals surface area (Å²) in [7, 11) is 1.60. The van der Waals surface area contributed by atoms with Gasteiger partial charge in [0.2, 0.25) is 0 Å². The van der Waals surface area contributed by atoms with Crippen molar-refractivity contribution in [2.24, 2.45) is 0 Å². The molecule has 1 aromatic carbocycles. The second-order valence-electron chi connectivity index (χ2n) is 5.83. The van der Waals surface area contributed by atoms with E-state index >= 15 is 0 Å². The molecule has 1 aliphatic rings. The monoisotopic (exact) mass is 376 g/mol. The normalized spacial score (nSPS) is 14.5. The summed E-state index contributed by atoms with van der Waals surface area (Å²) < 4.78 is 10.6. The lowest BCUT2D eigenvalue weighted by molar-refractivity contribution is 0.0962. The van der Waals surface area contributed by atoms with Crippen molar-refractivity contribution in [1.29, 1.82) is 5.26 Å². The molecule has 0 spiro atoms. The first-order chi connectivity index (χ1) is 12.7. The zero-order valence-electron chi connectivity index (χ0n) is 14.9. The highest BCUT2D eigenvalue weighted by atomic mass is 32.1. The molecule has 0 radical (unpaired) electrons. The Morgan fingerprint density at radius 1 is 1.27 bits per heavy atom. The van der Waals surface area contributed by atoms with Crippen molar-refractivity contribution in [3.8, 4) is 11.8 Å². The van der Waals surface area contributed by atoms with Gasteiger partial charge in [0.15, 0.2) is 5.11 Å². The molecular weight excluding hydrogens is 352 g/mol. The lowest BCUT2D eigenvalue weighted by atomic mass is 10.2. The standard InChI is InChI=1S/C18H24N4O3S/c1-24-13-14-25-16-6-3-2-5-15(16)17(23)20-18(26)22-11-9-21(10-12-22)8-4-7-19/h2-3,5-6H,4,8-14H2,1H3,(H,20,23,26). The van der Waals surface area contributed by atoms with Crippen molar-refractivity contribution in [3.63, 3.8) is 0 Å². The fourth-order valence-electron chi connectivity index (χ4n) is 2.64. The van der Waals surface area contributed by atoms with Gasteiger partial charge in [-0.15, -0.1) is 0 Å². The Balaban J connectivity index is 1.88. The van der Waals surface area contributed by atoms with Gasteiger partial charge < -0.3 is 14.4 Å². The van der Waals surface area contributed by atoms with Gasteiger partial charge in [-0.2, -0.15) is 5.26 Å². The largest absolute Gasteiger partial charge is 0.490 e. The molecule has 1 N–H and O–H groups in total. The molecule has 2 rings (SSSR count). The van der Waals surface area contributed by atoms with Gasteiger partial charge in [-0.25, -0.2) is 0 Å². The molecule has 0 unspecified atom stereocenters. The molecule has 0 aliphatic carbocycles. The second-order valence-corrected chi connectivity index (χ2v) is 6.22. The smallest absolute Gasteiger partial charge is 0.261 e. The van der Waals surface area contributed by atoms with Crippen molar-refractivity contribution in [2.45, 2.75) is 6.42 Å². The third-order valence-electron chi connectivity index (χ3n) is 4.10. The fourth-order valence-corrected chi connectivity index (χ4v) is 2.92. The molecule has 1 fully saturated rings. The highest BCUT2D eigenvalue weighted by Crippen LogP contribution is 2.18. The van der Waals surface area contributed by atoms with E-state index in [0.29, 0.717) is 36.1 Å². The third-order valence-corrected chi connectivity index (χ3v) is 4.46. The molecule has 7 nitrogen and oxygen atoms in total. The van der Waals surface area contributed by atoms with Crippen molar-refractivity contribution in [3.05, 3.63) is 29.8 Å². The third kappa shape index (κ3) is 5.95. The van der Waals surface area contributed by atoms with Crippen LogP contribution >= 0.6 is 12.2 Å². The maximum Gasteiger partial charge on any atom is 0.261 e. The van der Waals surface area contributed by atoms with E-state index in [0.717, 1.165) is 32.7 Å². The van der Waals surface area contributed by atoms with Crippen molar-refractivity contribution in [1.82, 2.24) is 15.1 Å². The summed E-state index contributed by atoms with van der Waals surface area (Å²) in [6, 6.07) is 9.22. The summed E-state index contributed by atoms with van der Waals surface area (Å²) in [5, 5.41) is 11.9. The Bertz CT molecular complexity index is 654. The van der Waals surface area contributed by atoms with Crippen molar-refractivity contribution < 1.29 is 14.3 Å². The molecule has 1 amide bonds. The highest BCUT2D eigenvalue weighted by Gasteiger charge is 2.21. The molecule has 1 aliphatic heterocycles.